The first-order valence-electron chi connectivity index (χ1n) is 5.94. The molecule has 1 heteroatoms. The van der Waals surface area contributed by atoms with Gasteiger partial charge in [-0.2, -0.15) is 0 Å². The average Bonchev–Trinajstić information content (AvgIpc) is 2.04. The normalized spacial score (nSPS) is 13.6. The molecule has 0 radical (unpaired) electrons. The minimum Gasteiger partial charge on any atom is -0.314 e. The fourth-order valence-electron chi connectivity index (χ4n) is 1.80. The van der Waals surface area contributed by atoms with E-state index in [4.69, 9.17) is 0 Å². The molecule has 0 aliphatic heterocycles. The highest BCUT2D eigenvalue weighted by molar-refractivity contribution is 4.67. The van der Waals surface area contributed by atoms with E-state index >= 15 is 0 Å². The molecule has 80 valence electrons. The molecular formula is C12H27N. The molecule has 1 unspecified atom stereocenters. The fourth-order valence-corrected chi connectivity index (χ4v) is 1.80. The molecule has 0 saturated carbocycles. The Morgan fingerprint density at radius 1 is 1.08 bits per heavy atom. The Hall–Kier alpha value is -0.0400. The van der Waals surface area contributed by atoms with Crippen LogP contribution in [0.5, 0.6) is 0 Å². The predicted molar refractivity (Wildman–Crippen MR) is 61.1 cm³/mol. The number of hydrogen-bond donors (Lipinski definition) is 1. The zero-order chi connectivity index (χ0) is 10.1. The van der Waals surface area contributed by atoms with Crippen LogP contribution >= 0.6 is 0 Å². The summed E-state index contributed by atoms with van der Waals surface area (Å²) in [6.07, 6.45) is 6.80. The van der Waals surface area contributed by atoms with E-state index in [-0.39, 0.29) is 0 Å². The quantitative estimate of drug-likeness (QED) is 0.570. The van der Waals surface area contributed by atoms with Gasteiger partial charge in [0.1, 0.15) is 0 Å². The third kappa shape index (κ3) is 8.29. The molecule has 1 atom stereocenters. The second-order valence-corrected chi connectivity index (χ2v) is 4.38. The van der Waals surface area contributed by atoms with Crippen molar-refractivity contribution < 1.29 is 0 Å². The summed E-state index contributed by atoms with van der Waals surface area (Å²) in [5.74, 6) is 0.825. The van der Waals surface area contributed by atoms with Crippen molar-refractivity contribution in [1.82, 2.24) is 5.32 Å². The lowest BCUT2D eigenvalue weighted by Crippen LogP contribution is -2.30. The van der Waals surface area contributed by atoms with Crippen molar-refractivity contribution in [2.24, 2.45) is 5.92 Å². The number of hydrogen-bond acceptors (Lipinski definition) is 1. The van der Waals surface area contributed by atoms with Gasteiger partial charge >= 0.3 is 0 Å². The van der Waals surface area contributed by atoms with Crippen LogP contribution in [0.1, 0.15) is 59.8 Å². The van der Waals surface area contributed by atoms with Crippen molar-refractivity contribution in [1.29, 1.82) is 0 Å². The van der Waals surface area contributed by atoms with Crippen molar-refractivity contribution in [3.63, 3.8) is 0 Å². The second-order valence-electron chi connectivity index (χ2n) is 4.38. The number of rotatable bonds is 8. The van der Waals surface area contributed by atoms with Gasteiger partial charge in [-0.3, -0.25) is 0 Å². The van der Waals surface area contributed by atoms with Crippen molar-refractivity contribution in [2.75, 3.05) is 6.54 Å². The van der Waals surface area contributed by atoms with Crippen LogP contribution in [0.2, 0.25) is 0 Å². The molecule has 1 nitrogen and oxygen atoms in total. The van der Waals surface area contributed by atoms with Crippen molar-refractivity contribution in [3.8, 4) is 0 Å². The average molecular weight is 185 g/mol. The molecule has 0 bridgehead atoms. The first-order valence-corrected chi connectivity index (χ1v) is 5.94. The maximum Gasteiger partial charge on any atom is 0.00693 e. The molecule has 0 fully saturated rings. The summed E-state index contributed by atoms with van der Waals surface area (Å²) < 4.78 is 0. The van der Waals surface area contributed by atoms with Gasteiger partial charge in [-0.05, 0) is 25.3 Å². The second kappa shape index (κ2) is 8.55. The lowest BCUT2D eigenvalue weighted by Gasteiger charge is -2.19. The molecule has 13 heavy (non-hydrogen) atoms. The summed E-state index contributed by atoms with van der Waals surface area (Å²) >= 11 is 0. The zero-order valence-electron chi connectivity index (χ0n) is 9.90. The topological polar surface area (TPSA) is 12.0 Å². The lowest BCUT2D eigenvalue weighted by molar-refractivity contribution is 0.393. The molecule has 0 heterocycles. The van der Waals surface area contributed by atoms with E-state index in [1.807, 2.05) is 0 Å². The van der Waals surface area contributed by atoms with Gasteiger partial charge in [0.25, 0.3) is 0 Å². The number of unbranched alkanes of at least 4 members (excludes halogenated alkanes) is 2. The Morgan fingerprint density at radius 2 is 1.77 bits per heavy atom. The summed E-state index contributed by atoms with van der Waals surface area (Å²) in [7, 11) is 0. The zero-order valence-corrected chi connectivity index (χ0v) is 9.90. The molecule has 0 aliphatic rings. The van der Waals surface area contributed by atoms with Gasteiger partial charge in [-0.15, -0.1) is 0 Å². The molecule has 0 aromatic heterocycles. The first kappa shape index (κ1) is 13.0. The van der Waals surface area contributed by atoms with Gasteiger partial charge in [-0.1, -0.05) is 47.0 Å². The van der Waals surface area contributed by atoms with Crippen LogP contribution in [0.4, 0.5) is 0 Å². The number of nitrogens with one attached hydrogen (secondary N) is 1. The van der Waals surface area contributed by atoms with E-state index in [1.54, 1.807) is 0 Å². The van der Waals surface area contributed by atoms with Crippen LogP contribution in [0.3, 0.4) is 0 Å². The summed E-state index contributed by atoms with van der Waals surface area (Å²) in [4.78, 5) is 0. The van der Waals surface area contributed by atoms with Gasteiger partial charge in [-0.25, -0.2) is 0 Å². The maximum atomic E-state index is 3.57. The monoisotopic (exact) mass is 185 g/mol. The van der Waals surface area contributed by atoms with Crippen molar-refractivity contribution in [2.45, 2.75) is 65.8 Å². The standard InChI is InChI=1S/C12H27N/c1-5-7-8-9-12(13-6-2)10-11(3)4/h11-13H,5-10H2,1-4H3. The summed E-state index contributed by atoms with van der Waals surface area (Å²) in [6, 6.07) is 0.761. The Morgan fingerprint density at radius 3 is 2.23 bits per heavy atom. The van der Waals surface area contributed by atoms with Gasteiger partial charge in [0.15, 0.2) is 0 Å². The minimum atomic E-state index is 0.761. The molecule has 0 aromatic carbocycles. The molecule has 1 N–H and O–H groups in total. The van der Waals surface area contributed by atoms with Crippen LogP contribution in [-0.4, -0.2) is 12.6 Å². The van der Waals surface area contributed by atoms with E-state index < -0.39 is 0 Å². The highest BCUT2D eigenvalue weighted by atomic mass is 14.9. The van der Waals surface area contributed by atoms with Gasteiger partial charge in [0, 0.05) is 6.04 Å². The van der Waals surface area contributed by atoms with E-state index in [2.05, 4.69) is 33.0 Å². The molecule has 0 spiro atoms. The molecule has 0 amide bonds. The van der Waals surface area contributed by atoms with Gasteiger partial charge < -0.3 is 5.32 Å². The molecule has 0 aromatic rings. The van der Waals surface area contributed by atoms with Crippen LogP contribution in [0.25, 0.3) is 0 Å². The minimum absolute atomic E-state index is 0.761. The predicted octanol–water partition coefficient (Wildman–Crippen LogP) is 3.59. The van der Waals surface area contributed by atoms with Crippen molar-refractivity contribution >= 4 is 0 Å². The Bertz CT molecular complexity index is 99.3. The fraction of sp³-hybridized carbons (Fsp3) is 1.00. The largest absolute Gasteiger partial charge is 0.314 e. The van der Waals surface area contributed by atoms with Crippen molar-refractivity contribution in [3.05, 3.63) is 0 Å². The highest BCUT2D eigenvalue weighted by Gasteiger charge is 2.08. The van der Waals surface area contributed by atoms with Gasteiger partial charge in [0.2, 0.25) is 0 Å². The van der Waals surface area contributed by atoms with E-state index in [1.165, 1.54) is 32.1 Å². The lowest BCUT2D eigenvalue weighted by atomic mass is 9.98. The van der Waals surface area contributed by atoms with E-state index in [0.717, 1.165) is 18.5 Å². The summed E-state index contributed by atoms with van der Waals surface area (Å²) in [5, 5.41) is 3.57. The molecule has 0 rings (SSSR count). The van der Waals surface area contributed by atoms with E-state index in [9.17, 15) is 0 Å². The molecule has 0 aliphatic carbocycles. The van der Waals surface area contributed by atoms with Crippen LogP contribution in [-0.2, 0) is 0 Å². The first-order chi connectivity index (χ1) is 6.20. The molecule has 0 saturated heterocycles. The SMILES string of the molecule is CCCCCC(CC(C)C)NCC. The van der Waals surface area contributed by atoms with Crippen LogP contribution in [0.15, 0.2) is 0 Å². The summed E-state index contributed by atoms with van der Waals surface area (Å²) in [6.45, 7) is 10.2. The highest BCUT2D eigenvalue weighted by Crippen LogP contribution is 2.11. The Labute approximate surface area is 84.3 Å². The third-order valence-electron chi connectivity index (χ3n) is 2.40. The van der Waals surface area contributed by atoms with E-state index in [0.29, 0.717) is 0 Å². The smallest absolute Gasteiger partial charge is 0.00693 e. The maximum absolute atomic E-state index is 3.57. The Balaban J connectivity index is 3.53. The Kier molecular flexibility index (Phi) is 8.53. The van der Waals surface area contributed by atoms with Crippen LogP contribution in [0, 0.1) is 5.92 Å². The van der Waals surface area contributed by atoms with Gasteiger partial charge in [0.05, 0.1) is 0 Å². The summed E-state index contributed by atoms with van der Waals surface area (Å²) in [5.41, 5.74) is 0. The van der Waals surface area contributed by atoms with Crippen LogP contribution < -0.4 is 5.32 Å². The molecular weight excluding hydrogens is 158 g/mol. The third-order valence-corrected chi connectivity index (χ3v) is 2.40.